The van der Waals surface area contributed by atoms with Crippen LogP contribution in [0.15, 0.2) is 18.2 Å². The van der Waals surface area contributed by atoms with Crippen molar-refractivity contribution in [1.82, 2.24) is 4.98 Å². The van der Waals surface area contributed by atoms with Crippen LogP contribution >= 0.6 is 0 Å². The first-order valence-corrected chi connectivity index (χ1v) is 7.83. The van der Waals surface area contributed by atoms with Gasteiger partial charge in [0.05, 0.1) is 5.75 Å². The molecule has 1 N–H and O–H groups in total. The van der Waals surface area contributed by atoms with Gasteiger partial charge in [-0.3, -0.25) is 4.72 Å². The summed E-state index contributed by atoms with van der Waals surface area (Å²) in [6.07, 6.45) is 5.29. The molecule has 0 saturated heterocycles. The van der Waals surface area contributed by atoms with E-state index in [1.807, 2.05) is 0 Å². The average molecular weight is 272 g/mol. The zero-order valence-corrected chi connectivity index (χ0v) is 10.9. The number of halogens is 1. The maximum Gasteiger partial charge on any atom is 0.234 e. The Labute approximate surface area is 107 Å². The Morgan fingerprint density at radius 3 is 2.67 bits per heavy atom. The van der Waals surface area contributed by atoms with Crippen LogP contribution in [0.2, 0.25) is 0 Å². The van der Waals surface area contributed by atoms with Crippen LogP contribution in [0.4, 0.5) is 10.2 Å². The number of anilines is 1. The molecule has 1 aromatic rings. The molecule has 2 rings (SSSR count). The molecule has 0 bridgehead atoms. The second-order valence-electron chi connectivity index (χ2n) is 4.73. The van der Waals surface area contributed by atoms with Gasteiger partial charge in [0.25, 0.3) is 0 Å². The van der Waals surface area contributed by atoms with Gasteiger partial charge in [-0.2, -0.15) is 4.39 Å². The van der Waals surface area contributed by atoms with E-state index in [2.05, 4.69) is 9.71 Å². The lowest BCUT2D eigenvalue weighted by atomic mass is 9.91. The summed E-state index contributed by atoms with van der Waals surface area (Å²) in [5.41, 5.74) is 0. The molecule has 1 aromatic heterocycles. The molecular formula is C12H17FN2O2S. The largest absolute Gasteiger partial charge is 0.267 e. The van der Waals surface area contributed by atoms with Crippen LogP contribution < -0.4 is 4.72 Å². The van der Waals surface area contributed by atoms with Gasteiger partial charge in [0.2, 0.25) is 16.0 Å². The molecule has 4 nitrogen and oxygen atoms in total. The minimum absolute atomic E-state index is 0.0470. The lowest BCUT2D eigenvalue weighted by molar-refractivity contribution is 0.385. The van der Waals surface area contributed by atoms with Crippen molar-refractivity contribution in [2.24, 2.45) is 5.92 Å². The van der Waals surface area contributed by atoms with E-state index in [0.717, 1.165) is 25.7 Å². The minimum atomic E-state index is -3.43. The van der Waals surface area contributed by atoms with Gasteiger partial charge in [-0.15, -0.1) is 0 Å². The molecule has 0 atom stereocenters. The third kappa shape index (κ3) is 3.94. The summed E-state index contributed by atoms with van der Waals surface area (Å²) >= 11 is 0. The zero-order valence-electron chi connectivity index (χ0n) is 10.1. The van der Waals surface area contributed by atoms with Crippen molar-refractivity contribution in [3.05, 3.63) is 24.1 Å². The maximum atomic E-state index is 12.9. The SMILES string of the molecule is O=S(=O)(CC1CCCCC1)Nc1cccc(F)n1. The van der Waals surface area contributed by atoms with Gasteiger partial charge in [-0.05, 0) is 30.9 Å². The van der Waals surface area contributed by atoms with E-state index in [-0.39, 0.29) is 17.5 Å². The van der Waals surface area contributed by atoms with Crippen LogP contribution in [0.25, 0.3) is 0 Å². The van der Waals surface area contributed by atoms with Crippen LogP contribution in [-0.4, -0.2) is 19.2 Å². The Balaban J connectivity index is 1.98. The Morgan fingerprint density at radius 2 is 2.00 bits per heavy atom. The predicted octanol–water partition coefficient (Wildman–Crippen LogP) is 2.54. The van der Waals surface area contributed by atoms with E-state index >= 15 is 0 Å². The van der Waals surface area contributed by atoms with Gasteiger partial charge in [-0.25, -0.2) is 13.4 Å². The fraction of sp³-hybridized carbons (Fsp3) is 0.583. The summed E-state index contributed by atoms with van der Waals surface area (Å²) < 4.78 is 39.0. The van der Waals surface area contributed by atoms with Crippen molar-refractivity contribution in [1.29, 1.82) is 0 Å². The number of hydrogen-bond acceptors (Lipinski definition) is 3. The third-order valence-electron chi connectivity index (χ3n) is 3.16. The average Bonchev–Trinajstić information content (AvgIpc) is 2.28. The van der Waals surface area contributed by atoms with Crippen LogP contribution in [0.1, 0.15) is 32.1 Å². The second kappa shape index (κ2) is 5.65. The summed E-state index contributed by atoms with van der Waals surface area (Å²) in [5.74, 6) is -0.325. The Bertz CT molecular complexity index is 499. The summed E-state index contributed by atoms with van der Waals surface area (Å²) in [6.45, 7) is 0. The Hall–Kier alpha value is -1.17. The Kier molecular flexibility index (Phi) is 4.16. The zero-order chi connectivity index (χ0) is 13.0. The number of nitrogens with one attached hydrogen (secondary N) is 1. The van der Waals surface area contributed by atoms with Crippen LogP contribution in [0.3, 0.4) is 0 Å². The molecule has 0 spiro atoms. The van der Waals surface area contributed by atoms with Crippen molar-refractivity contribution in [2.45, 2.75) is 32.1 Å². The van der Waals surface area contributed by atoms with Gasteiger partial charge in [-0.1, -0.05) is 25.3 Å². The molecule has 0 amide bonds. The smallest absolute Gasteiger partial charge is 0.234 e. The lowest BCUT2D eigenvalue weighted by Crippen LogP contribution is -2.24. The molecule has 0 unspecified atom stereocenters. The highest BCUT2D eigenvalue weighted by Crippen LogP contribution is 2.25. The molecule has 0 aromatic carbocycles. The van der Waals surface area contributed by atoms with Gasteiger partial charge in [0.1, 0.15) is 5.82 Å². The lowest BCUT2D eigenvalue weighted by Gasteiger charge is -2.21. The highest BCUT2D eigenvalue weighted by atomic mass is 32.2. The molecule has 1 aliphatic rings. The molecular weight excluding hydrogens is 255 g/mol. The maximum absolute atomic E-state index is 12.9. The van der Waals surface area contributed by atoms with Crippen molar-refractivity contribution < 1.29 is 12.8 Å². The number of sulfonamides is 1. The monoisotopic (exact) mass is 272 g/mol. The minimum Gasteiger partial charge on any atom is -0.267 e. The number of rotatable bonds is 4. The molecule has 0 radical (unpaired) electrons. The van der Waals surface area contributed by atoms with Crippen molar-refractivity contribution in [2.75, 3.05) is 10.5 Å². The molecule has 100 valence electrons. The standard InChI is InChI=1S/C12H17FN2O2S/c13-11-7-4-8-12(14-11)15-18(16,17)9-10-5-2-1-3-6-10/h4,7-8,10H,1-3,5-6,9H2,(H,14,15). The molecule has 1 heterocycles. The molecule has 1 fully saturated rings. The van der Waals surface area contributed by atoms with E-state index in [0.29, 0.717) is 0 Å². The van der Waals surface area contributed by atoms with E-state index in [4.69, 9.17) is 0 Å². The fourth-order valence-corrected chi connectivity index (χ4v) is 3.80. The van der Waals surface area contributed by atoms with Gasteiger partial charge < -0.3 is 0 Å². The van der Waals surface area contributed by atoms with Gasteiger partial charge in [0.15, 0.2) is 0 Å². The highest BCUT2D eigenvalue weighted by molar-refractivity contribution is 7.92. The molecule has 6 heteroatoms. The first-order valence-electron chi connectivity index (χ1n) is 6.18. The van der Waals surface area contributed by atoms with Crippen molar-refractivity contribution in [3.63, 3.8) is 0 Å². The molecule has 1 aliphatic carbocycles. The quantitative estimate of drug-likeness (QED) is 0.857. The molecule has 18 heavy (non-hydrogen) atoms. The number of aromatic nitrogens is 1. The first-order chi connectivity index (χ1) is 8.55. The number of hydrogen-bond donors (Lipinski definition) is 1. The van der Waals surface area contributed by atoms with Crippen molar-refractivity contribution in [3.8, 4) is 0 Å². The fourth-order valence-electron chi connectivity index (χ4n) is 2.33. The summed E-state index contributed by atoms with van der Waals surface area (Å²) in [6, 6.07) is 4.06. The number of pyridine rings is 1. The van der Waals surface area contributed by atoms with Crippen LogP contribution in [0.5, 0.6) is 0 Å². The molecule has 1 saturated carbocycles. The summed E-state index contributed by atoms with van der Waals surface area (Å²) in [4.78, 5) is 3.49. The second-order valence-corrected chi connectivity index (χ2v) is 6.50. The summed E-state index contributed by atoms with van der Waals surface area (Å²) in [7, 11) is -3.43. The highest BCUT2D eigenvalue weighted by Gasteiger charge is 2.21. The molecule has 0 aliphatic heterocycles. The van der Waals surface area contributed by atoms with E-state index in [9.17, 15) is 12.8 Å². The first kappa shape index (κ1) is 13.3. The van der Waals surface area contributed by atoms with E-state index < -0.39 is 16.0 Å². The van der Waals surface area contributed by atoms with E-state index in [1.54, 1.807) is 0 Å². The third-order valence-corrected chi connectivity index (χ3v) is 4.59. The topological polar surface area (TPSA) is 59.1 Å². The predicted molar refractivity (Wildman–Crippen MR) is 68.2 cm³/mol. The van der Waals surface area contributed by atoms with E-state index in [1.165, 1.54) is 24.6 Å². The van der Waals surface area contributed by atoms with Crippen molar-refractivity contribution >= 4 is 15.8 Å². The van der Waals surface area contributed by atoms with Gasteiger partial charge in [0, 0.05) is 0 Å². The van der Waals surface area contributed by atoms with Crippen LogP contribution in [-0.2, 0) is 10.0 Å². The van der Waals surface area contributed by atoms with Crippen LogP contribution in [0, 0.1) is 11.9 Å². The number of nitrogens with zero attached hydrogens (tertiary/aromatic N) is 1. The summed E-state index contributed by atoms with van der Waals surface area (Å²) in [5, 5.41) is 0. The van der Waals surface area contributed by atoms with Gasteiger partial charge >= 0.3 is 0 Å². The normalized spacial score (nSPS) is 17.6. The Morgan fingerprint density at radius 1 is 1.28 bits per heavy atom.